The second-order valence-corrected chi connectivity index (χ2v) is 11.0. The van der Waals surface area contributed by atoms with E-state index in [0.717, 1.165) is 15.8 Å². The smallest absolute Gasteiger partial charge is 0.279 e. The van der Waals surface area contributed by atoms with Crippen LogP contribution in [0, 0.1) is 6.92 Å². The largest absolute Gasteiger partial charge is 0.495 e. The molecule has 3 aromatic carbocycles. The summed E-state index contributed by atoms with van der Waals surface area (Å²) < 4.78 is 47.5. The van der Waals surface area contributed by atoms with Gasteiger partial charge in [-0.3, -0.25) is 9.52 Å². The molecule has 11 heteroatoms. The van der Waals surface area contributed by atoms with Gasteiger partial charge >= 0.3 is 0 Å². The molecule has 0 aliphatic carbocycles. The molecule has 0 aliphatic heterocycles. The molecule has 0 saturated heterocycles. The molecule has 0 atom stereocenters. The molecule has 0 aliphatic rings. The van der Waals surface area contributed by atoms with Crippen LogP contribution in [-0.4, -0.2) is 46.3 Å². The van der Waals surface area contributed by atoms with Gasteiger partial charge in [0, 0.05) is 24.4 Å². The van der Waals surface area contributed by atoms with Gasteiger partial charge < -0.3 is 18.8 Å². The van der Waals surface area contributed by atoms with Crippen molar-refractivity contribution in [3.05, 3.63) is 76.6 Å². The van der Waals surface area contributed by atoms with Gasteiger partial charge in [0.25, 0.3) is 15.9 Å². The molecule has 0 fully saturated rings. The maximum atomic E-state index is 13.3. The fourth-order valence-electron chi connectivity index (χ4n) is 3.85. The van der Waals surface area contributed by atoms with Crippen molar-refractivity contribution in [2.45, 2.75) is 25.3 Å². The number of hydrogen-bond donors (Lipinski definition) is 1. The fourth-order valence-corrected chi connectivity index (χ4v) is 6.06. The number of ether oxygens (including phenoxy) is 3. The summed E-state index contributed by atoms with van der Waals surface area (Å²) in [5.41, 5.74) is 2.20. The Hall–Kier alpha value is -3.67. The van der Waals surface area contributed by atoms with Gasteiger partial charge in [-0.15, -0.1) is 0 Å². The van der Waals surface area contributed by atoms with E-state index >= 15 is 0 Å². The zero-order valence-electron chi connectivity index (χ0n) is 21.6. The molecule has 200 valence electrons. The van der Waals surface area contributed by atoms with Crippen LogP contribution < -0.4 is 19.0 Å². The summed E-state index contributed by atoms with van der Waals surface area (Å²) in [6.45, 7) is 5.21. The standard InChI is InChI=1S/C27H29N3O6S2/c1-5-36-16-15-30-24-22(34-3)13-14-23(35-4)25(24)37-27(30)28-26(31)19-7-6-8-20(17-19)29-38(32,33)21-11-9-18(2)10-12-21/h6-14,17,29H,5,15-16H2,1-4H3. The number of nitrogens with zero attached hydrogens (tertiary/aromatic N) is 2. The summed E-state index contributed by atoms with van der Waals surface area (Å²) in [6, 6.07) is 16.4. The highest BCUT2D eigenvalue weighted by Gasteiger charge is 2.18. The van der Waals surface area contributed by atoms with Crippen LogP contribution in [0.5, 0.6) is 11.5 Å². The van der Waals surface area contributed by atoms with E-state index in [1.54, 1.807) is 56.7 Å². The number of carbonyl (C=O) groups excluding carboxylic acids is 1. The lowest BCUT2D eigenvalue weighted by Crippen LogP contribution is -2.20. The minimum absolute atomic E-state index is 0.132. The molecule has 9 nitrogen and oxygen atoms in total. The minimum atomic E-state index is -3.82. The highest BCUT2D eigenvalue weighted by Crippen LogP contribution is 2.35. The first kappa shape index (κ1) is 27.4. The molecule has 0 saturated carbocycles. The average Bonchev–Trinajstić information content (AvgIpc) is 3.26. The van der Waals surface area contributed by atoms with Gasteiger partial charge in [-0.2, -0.15) is 4.99 Å². The van der Waals surface area contributed by atoms with Gasteiger partial charge in [0.2, 0.25) is 0 Å². The number of amides is 1. The van der Waals surface area contributed by atoms with Crippen LogP contribution in [0.2, 0.25) is 0 Å². The summed E-state index contributed by atoms with van der Waals surface area (Å²) in [5, 5.41) is 0. The van der Waals surface area contributed by atoms with E-state index in [1.807, 2.05) is 18.4 Å². The lowest BCUT2D eigenvalue weighted by Gasteiger charge is -2.10. The molecule has 1 heterocycles. The summed E-state index contributed by atoms with van der Waals surface area (Å²) in [6.07, 6.45) is 0. The number of rotatable bonds is 10. The monoisotopic (exact) mass is 555 g/mol. The number of hydrogen-bond acceptors (Lipinski definition) is 7. The van der Waals surface area contributed by atoms with E-state index in [9.17, 15) is 13.2 Å². The number of methoxy groups -OCH3 is 2. The van der Waals surface area contributed by atoms with E-state index in [2.05, 4.69) is 9.71 Å². The molecule has 0 spiro atoms. The van der Waals surface area contributed by atoms with Crippen LogP contribution in [-0.2, 0) is 21.3 Å². The Balaban J connectivity index is 1.73. The summed E-state index contributed by atoms with van der Waals surface area (Å²) in [5.74, 6) is 0.739. The first-order chi connectivity index (χ1) is 18.3. The fraction of sp³-hybridized carbons (Fsp3) is 0.259. The third-order valence-corrected chi connectivity index (χ3v) is 8.24. The molecule has 1 N–H and O–H groups in total. The van der Waals surface area contributed by atoms with Crippen molar-refractivity contribution in [1.82, 2.24) is 4.57 Å². The van der Waals surface area contributed by atoms with Crippen molar-refractivity contribution in [3.63, 3.8) is 0 Å². The first-order valence-corrected chi connectivity index (χ1v) is 14.2. The zero-order valence-corrected chi connectivity index (χ0v) is 23.2. The molecule has 4 aromatic rings. The number of anilines is 1. The second-order valence-electron chi connectivity index (χ2n) is 8.30. The Morgan fingerprint density at radius 1 is 1.03 bits per heavy atom. The number of aryl methyl sites for hydroxylation is 1. The van der Waals surface area contributed by atoms with Crippen LogP contribution in [0.15, 0.2) is 70.6 Å². The number of benzene rings is 3. The van der Waals surface area contributed by atoms with Gasteiger partial charge in [0.1, 0.15) is 21.7 Å². The van der Waals surface area contributed by atoms with E-state index in [-0.39, 0.29) is 16.1 Å². The molecule has 38 heavy (non-hydrogen) atoms. The Morgan fingerprint density at radius 2 is 1.74 bits per heavy atom. The maximum absolute atomic E-state index is 13.3. The van der Waals surface area contributed by atoms with E-state index in [0.29, 0.717) is 36.1 Å². The average molecular weight is 556 g/mol. The normalized spacial score (nSPS) is 12.1. The number of aromatic nitrogens is 1. The molecule has 0 bridgehead atoms. The van der Waals surface area contributed by atoms with Gasteiger partial charge in [-0.25, -0.2) is 8.42 Å². The van der Waals surface area contributed by atoms with Crippen LogP contribution in [0.1, 0.15) is 22.8 Å². The molecule has 1 aromatic heterocycles. The van der Waals surface area contributed by atoms with Crippen LogP contribution in [0.25, 0.3) is 10.2 Å². The molecular formula is C27H29N3O6S2. The van der Waals surface area contributed by atoms with Crippen LogP contribution in [0.4, 0.5) is 5.69 Å². The van der Waals surface area contributed by atoms with Crippen molar-refractivity contribution in [3.8, 4) is 11.5 Å². The van der Waals surface area contributed by atoms with E-state index < -0.39 is 15.9 Å². The molecular weight excluding hydrogens is 526 g/mol. The lowest BCUT2D eigenvalue weighted by molar-refractivity contribution is 0.0996. The minimum Gasteiger partial charge on any atom is -0.495 e. The van der Waals surface area contributed by atoms with Gasteiger partial charge in [0.05, 0.1) is 25.7 Å². The Kier molecular flexibility index (Phi) is 8.50. The number of carbonyl (C=O) groups is 1. The zero-order chi connectivity index (χ0) is 27.3. The summed E-state index contributed by atoms with van der Waals surface area (Å²) >= 11 is 1.30. The lowest BCUT2D eigenvalue weighted by atomic mass is 10.2. The van der Waals surface area contributed by atoms with Crippen LogP contribution >= 0.6 is 11.3 Å². The predicted octanol–water partition coefficient (Wildman–Crippen LogP) is 4.61. The molecule has 0 unspecified atom stereocenters. The van der Waals surface area contributed by atoms with Gasteiger partial charge in [-0.1, -0.05) is 35.1 Å². The highest BCUT2D eigenvalue weighted by atomic mass is 32.2. The highest BCUT2D eigenvalue weighted by molar-refractivity contribution is 7.92. The number of fused-ring (bicyclic) bond motifs is 1. The van der Waals surface area contributed by atoms with Crippen molar-refractivity contribution < 1.29 is 27.4 Å². The number of thiazole rings is 1. The quantitative estimate of drug-likeness (QED) is 0.287. The van der Waals surface area contributed by atoms with Crippen molar-refractivity contribution in [2.24, 2.45) is 4.99 Å². The number of nitrogens with one attached hydrogen (secondary N) is 1. The maximum Gasteiger partial charge on any atom is 0.279 e. The summed E-state index contributed by atoms with van der Waals surface area (Å²) in [4.78, 5) is 18.2. The second kappa shape index (κ2) is 11.8. The molecule has 1 amide bonds. The Bertz CT molecular complexity index is 1620. The first-order valence-electron chi connectivity index (χ1n) is 11.9. The topological polar surface area (TPSA) is 108 Å². The van der Waals surface area contributed by atoms with E-state index in [4.69, 9.17) is 14.2 Å². The molecule has 4 rings (SSSR count). The van der Waals surface area contributed by atoms with Gasteiger partial charge in [0.15, 0.2) is 4.80 Å². The van der Waals surface area contributed by atoms with Crippen LogP contribution in [0.3, 0.4) is 0 Å². The van der Waals surface area contributed by atoms with Gasteiger partial charge in [-0.05, 0) is 56.3 Å². The Labute approximate surface area is 225 Å². The predicted molar refractivity (Wildman–Crippen MR) is 148 cm³/mol. The van der Waals surface area contributed by atoms with E-state index in [1.165, 1.54) is 29.5 Å². The molecule has 0 radical (unpaired) electrons. The number of sulfonamides is 1. The third kappa shape index (κ3) is 5.90. The Morgan fingerprint density at radius 3 is 2.42 bits per heavy atom. The van der Waals surface area contributed by atoms with Crippen molar-refractivity contribution in [2.75, 3.05) is 32.2 Å². The SMILES string of the molecule is CCOCCn1c(=NC(=O)c2cccc(NS(=O)(=O)c3ccc(C)cc3)c2)sc2c(OC)ccc(OC)c21. The van der Waals surface area contributed by atoms with Crippen molar-refractivity contribution >= 4 is 43.2 Å². The third-order valence-electron chi connectivity index (χ3n) is 5.75. The van der Waals surface area contributed by atoms with Crippen molar-refractivity contribution in [1.29, 1.82) is 0 Å². The summed E-state index contributed by atoms with van der Waals surface area (Å²) in [7, 11) is -0.659.